The van der Waals surface area contributed by atoms with E-state index in [2.05, 4.69) is 10.3 Å². The fourth-order valence-corrected chi connectivity index (χ4v) is 5.31. The summed E-state index contributed by atoms with van der Waals surface area (Å²) < 4.78 is 14.6. The predicted octanol–water partition coefficient (Wildman–Crippen LogP) is 3.06. The molecule has 1 aromatic carbocycles. The minimum absolute atomic E-state index is 0.0462. The standard InChI is InChI=1S/C21H22ClN5O3/c1-26-17-8-23-20(24-16-6-11-2-3-30-18(11)7-15(16)22)25-19(17)27(21(26)28)14-4-12-9-29-10-13(12)5-14/h6-8,12-14H,2-5,9-10H2,1H3,(H,23,24,25)/t12-,13+,14?. The Morgan fingerprint density at radius 2 is 2.03 bits per heavy atom. The van der Waals surface area contributed by atoms with E-state index in [-0.39, 0.29) is 11.7 Å². The Morgan fingerprint density at radius 3 is 2.83 bits per heavy atom. The molecule has 8 nitrogen and oxygen atoms in total. The number of hydrogen-bond acceptors (Lipinski definition) is 6. The summed E-state index contributed by atoms with van der Waals surface area (Å²) >= 11 is 6.43. The molecule has 3 aromatic rings. The molecule has 0 radical (unpaired) electrons. The van der Waals surface area contributed by atoms with Gasteiger partial charge in [0.15, 0.2) is 5.65 Å². The molecular weight excluding hydrogens is 406 g/mol. The number of hydrogen-bond donors (Lipinski definition) is 1. The van der Waals surface area contributed by atoms with Gasteiger partial charge in [-0.2, -0.15) is 4.98 Å². The number of fused-ring (bicyclic) bond motifs is 3. The Balaban J connectivity index is 1.39. The number of ether oxygens (including phenoxy) is 2. The molecule has 4 heterocycles. The maximum Gasteiger partial charge on any atom is 0.330 e. The summed E-state index contributed by atoms with van der Waals surface area (Å²) in [6, 6.07) is 3.94. The van der Waals surface area contributed by atoms with Crippen molar-refractivity contribution in [3.8, 4) is 5.75 Å². The van der Waals surface area contributed by atoms with Crippen LogP contribution in [0.1, 0.15) is 24.4 Å². The van der Waals surface area contributed by atoms with Crippen LogP contribution < -0.4 is 15.7 Å². The average molecular weight is 428 g/mol. The van der Waals surface area contributed by atoms with Crippen molar-refractivity contribution in [3.63, 3.8) is 0 Å². The van der Waals surface area contributed by atoms with E-state index in [1.54, 1.807) is 17.8 Å². The molecule has 6 rings (SSSR count). The van der Waals surface area contributed by atoms with E-state index < -0.39 is 0 Å². The van der Waals surface area contributed by atoms with Gasteiger partial charge in [-0.1, -0.05) is 11.6 Å². The number of nitrogens with one attached hydrogen (secondary N) is 1. The maximum absolute atomic E-state index is 13.0. The van der Waals surface area contributed by atoms with Crippen molar-refractivity contribution >= 4 is 34.4 Å². The summed E-state index contributed by atoms with van der Waals surface area (Å²) in [5, 5.41) is 3.78. The van der Waals surface area contributed by atoms with Crippen molar-refractivity contribution in [1.82, 2.24) is 19.1 Å². The van der Waals surface area contributed by atoms with Crippen molar-refractivity contribution in [3.05, 3.63) is 39.4 Å². The zero-order chi connectivity index (χ0) is 20.4. The number of benzene rings is 1. The van der Waals surface area contributed by atoms with Gasteiger partial charge < -0.3 is 14.8 Å². The number of imidazole rings is 1. The van der Waals surface area contributed by atoms with Gasteiger partial charge in [0.05, 0.1) is 23.5 Å². The number of anilines is 2. The van der Waals surface area contributed by atoms with Gasteiger partial charge in [0.1, 0.15) is 11.3 Å². The molecule has 156 valence electrons. The fraction of sp³-hybridized carbons (Fsp3) is 0.476. The number of rotatable bonds is 3. The highest BCUT2D eigenvalue weighted by molar-refractivity contribution is 6.33. The maximum atomic E-state index is 13.0. The van der Waals surface area contributed by atoms with Crippen LogP contribution in [0.15, 0.2) is 23.1 Å². The van der Waals surface area contributed by atoms with E-state index in [1.165, 1.54) is 0 Å². The normalized spacial score (nSPS) is 24.8. The van der Waals surface area contributed by atoms with Crippen LogP contribution >= 0.6 is 11.6 Å². The number of halogens is 1. The van der Waals surface area contributed by atoms with Crippen LogP contribution in [0, 0.1) is 11.8 Å². The first kappa shape index (κ1) is 18.2. The van der Waals surface area contributed by atoms with Crippen LogP contribution in [0.25, 0.3) is 11.2 Å². The van der Waals surface area contributed by atoms with Crippen molar-refractivity contribution in [1.29, 1.82) is 0 Å². The lowest BCUT2D eigenvalue weighted by atomic mass is 10.0. The van der Waals surface area contributed by atoms with Gasteiger partial charge in [0.25, 0.3) is 0 Å². The Bertz CT molecular complexity index is 1210. The zero-order valence-electron chi connectivity index (χ0n) is 16.6. The topological polar surface area (TPSA) is 83.2 Å². The first-order valence-corrected chi connectivity index (χ1v) is 10.7. The first-order chi connectivity index (χ1) is 14.6. The minimum Gasteiger partial charge on any atom is -0.493 e. The number of aromatic nitrogens is 4. The Hall–Kier alpha value is -2.58. The molecule has 9 heteroatoms. The van der Waals surface area contributed by atoms with Crippen molar-refractivity contribution in [2.75, 3.05) is 25.1 Å². The number of aryl methyl sites for hydroxylation is 1. The Labute approximate surface area is 177 Å². The SMILES string of the molecule is Cn1c(=O)n(C2C[C@H]3COC[C@H]3C2)c2nc(Nc3cc4c(cc3Cl)OCC4)ncc21. The molecule has 1 saturated heterocycles. The van der Waals surface area contributed by atoms with Gasteiger partial charge in [-0.3, -0.25) is 9.13 Å². The number of nitrogens with zero attached hydrogens (tertiary/aromatic N) is 4. The molecule has 1 unspecified atom stereocenters. The van der Waals surface area contributed by atoms with E-state index >= 15 is 0 Å². The van der Waals surface area contributed by atoms with Gasteiger partial charge in [-0.15, -0.1) is 0 Å². The van der Waals surface area contributed by atoms with Crippen molar-refractivity contribution < 1.29 is 9.47 Å². The van der Waals surface area contributed by atoms with Gasteiger partial charge >= 0.3 is 5.69 Å². The van der Waals surface area contributed by atoms with Crippen molar-refractivity contribution in [2.45, 2.75) is 25.3 Å². The van der Waals surface area contributed by atoms with E-state index in [0.717, 1.165) is 55.0 Å². The second kappa shape index (κ2) is 6.72. The van der Waals surface area contributed by atoms with Crippen LogP contribution in [-0.4, -0.2) is 38.9 Å². The fourth-order valence-electron chi connectivity index (χ4n) is 5.11. The monoisotopic (exact) mass is 427 g/mol. The van der Waals surface area contributed by atoms with E-state index in [9.17, 15) is 4.79 Å². The molecular formula is C21H22ClN5O3. The predicted molar refractivity (Wildman–Crippen MR) is 113 cm³/mol. The van der Waals surface area contributed by atoms with Crippen LogP contribution in [0.5, 0.6) is 5.75 Å². The molecule has 3 atom stereocenters. The summed E-state index contributed by atoms with van der Waals surface area (Å²) in [6.45, 7) is 2.26. The molecule has 1 N–H and O–H groups in total. The highest BCUT2D eigenvalue weighted by atomic mass is 35.5. The van der Waals surface area contributed by atoms with Crippen LogP contribution in [0.3, 0.4) is 0 Å². The van der Waals surface area contributed by atoms with E-state index in [4.69, 9.17) is 26.1 Å². The Kier molecular flexibility index (Phi) is 4.08. The molecule has 30 heavy (non-hydrogen) atoms. The van der Waals surface area contributed by atoms with Crippen LogP contribution in [0.4, 0.5) is 11.6 Å². The lowest BCUT2D eigenvalue weighted by molar-refractivity contribution is 0.167. The van der Waals surface area contributed by atoms with Gasteiger partial charge in [0, 0.05) is 38.8 Å². The van der Waals surface area contributed by atoms with Crippen LogP contribution in [-0.2, 0) is 18.2 Å². The molecule has 0 bridgehead atoms. The summed E-state index contributed by atoms with van der Waals surface area (Å²) in [4.78, 5) is 22.2. The third kappa shape index (κ3) is 2.74. The first-order valence-electron chi connectivity index (χ1n) is 10.3. The molecule has 1 saturated carbocycles. The molecule has 2 aromatic heterocycles. The smallest absolute Gasteiger partial charge is 0.330 e. The Morgan fingerprint density at radius 1 is 1.23 bits per heavy atom. The third-order valence-corrected chi connectivity index (χ3v) is 7.02. The van der Waals surface area contributed by atoms with Crippen LogP contribution in [0.2, 0.25) is 5.02 Å². The quantitative estimate of drug-likeness (QED) is 0.691. The highest BCUT2D eigenvalue weighted by Gasteiger charge is 2.40. The molecule has 2 fully saturated rings. The molecule has 0 amide bonds. The second-order valence-corrected chi connectivity index (χ2v) is 8.87. The lowest BCUT2D eigenvalue weighted by Crippen LogP contribution is -2.25. The largest absolute Gasteiger partial charge is 0.493 e. The van der Waals surface area contributed by atoms with Gasteiger partial charge in [-0.05, 0) is 36.3 Å². The second-order valence-electron chi connectivity index (χ2n) is 8.46. The van der Waals surface area contributed by atoms with Gasteiger partial charge in [-0.25, -0.2) is 9.78 Å². The summed E-state index contributed by atoms with van der Waals surface area (Å²) in [7, 11) is 1.77. The lowest BCUT2D eigenvalue weighted by Gasteiger charge is -2.13. The van der Waals surface area contributed by atoms with Crippen molar-refractivity contribution in [2.24, 2.45) is 18.9 Å². The van der Waals surface area contributed by atoms with E-state index in [0.29, 0.717) is 35.1 Å². The highest BCUT2D eigenvalue weighted by Crippen LogP contribution is 2.43. The summed E-state index contributed by atoms with van der Waals surface area (Å²) in [5.74, 6) is 2.31. The summed E-state index contributed by atoms with van der Waals surface area (Å²) in [6.07, 6.45) is 4.46. The van der Waals surface area contributed by atoms with Gasteiger partial charge in [0.2, 0.25) is 5.95 Å². The molecule has 0 spiro atoms. The summed E-state index contributed by atoms with van der Waals surface area (Å²) in [5.41, 5.74) is 3.19. The molecule has 1 aliphatic carbocycles. The molecule has 2 aliphatic heterocycles. The third-order valence-electron chi connectivity index (χ3n) is 6.70. The van der Waals surface area contributed by atoms with E-state index in [1.807, 2.05) is 16.7 Å². The zero-order valence-corrected chi connectivity index (χ0v) is 17.4. The molecule has 3 aliphatic rings. The minimum atomic E-state index is -0.0462. The average Bonchev–Trinajstić information content (AvgIpc) is 3.47.